The van der Waals surface area contributed by atoms with Gasteiger partial charge in [-0.15, -0.1) is 0 Å². The van der Waals surface area contributed by atoms with Crippen molar-refractivity contribution in [1.29, 1.82) is 0 Å². The monoisotopic (exact) mass is 427 g/mol. The summed E-state index contributed by atoms with van der Waals surface area (Å²) < 4.78 is 0.901. The van der Waals surface area contributed by atoms with E-state index in [9.17, 15) is 9.59 Å². The lowest BCUT2D eigenvalue weighted by Gasteiger charge is -2.19. The van der Waals surface area contributed by atoms with Crippen molar-refractivity contribution >= 4 is 39.1 Å². The van der Waals surface area contributed by atoms with Crippen LogP contribution in [0.4, 0.5) is 5.69 Å². The van der Waals surface area contributed by atoms with Gasteiger partial charge in [-0.25, -0.2) is 5.43 Å². The molecule has 0 aliphatic heterocycles. The molecular weight excluding hydrogens is 406 g/mol. The Labute approximate surface area is 167 Å². The van der Waals surface area contributed by atoms with Gasteiger partial charge in [0.25, 0.3) is 5.91 Å². The number of carbonyl (C=O) groups excluding carboxylic acids is 2. The van der Waals surface area contributed by atoms with E-state index < -0.39 is 0 Å². The fourth-order valence-electron chi connectivity index (χ4n) is 3.18. The number of fused-ring (bicyclic) bond motifs is 1. The summed E-state index contributed by atoms with van der Waals surface area (Å²) in [4.78, 5) is 24.4. The highest BCUT2D eigenvalue weighted by molar-refractivity contribution is 9.10. The van der Waals surface area contributed by atoms with Gasteiger partial charge < -0.3 is 5.32 Å². The maximum atomic E-state index is 12.4. The molecule has 2 amide bonds. The molecule has 0 unspecified atom stereocenters. The van der Waals surface area contributed by atoms with E-state index in [-0.39, 0.29) is 18.2 Å². The summed E-state index contributed by atoms with van der Waals surface area (Å²) >= 11 is 3.33. The largest absolute Gasteiger partial charge is 0.325 e. The lowest BCUT2D eigenvalue weighted by Crippen LogP contribution is -2.22. The summed E-state index contributed by atoms with van der Waals surface area (Å²) in [5.41, 5.74) is 7.01. The minimum absolute atomic E-state index is 0.129. The molecule has 0 heterocycles. The lowest BCUT2D eigenvalue weighted by molar-refractivity contribution is -0.115. The van der Waals surface area contributed by atoms with Crippen LogP contribution in [0.3, 0.4) is 0 Å². The maximum Gasteiger partial charge on any atom is 0.271 e. The molecule has 5 nitrogen and oxygen atoms in total. The van der Waals surface area contributed by atoms with Gasteiger partial charge in [0, 0.05) is 21.4 Å². The molecule has 2 aromatic carbocycles. The molecule has 2 N–H and O–H groups in total. The van der Waals surface area contributed by atoms with E-state index in [1.54, 1.807) is 31.2 Å². The van der Waals surface area contributed by atoms with Gasteiger partial charge in [0.05, 0.1) is 6.42 Å². The van der Waals surface area contributed by atoms with Gasteiger partial charge in [0.1, 0.15) is 0 Å². The predicted octanol–water partition coefficient (Wildman–Crippen LogP) is 4.46. The molecular formula is C21H22BrN3O2. The zero-order valence-corrected chi connectivity index (χ0v) is 16.8. The van der Waals surface area contributed by atoms with E-state index in [1.807, 2.05) is 12.1 Å². The molecule has 2 aromatic rings. The number of hydrazone groups is 1. The van der Waals surface area contributed by atoms with E-state index in [0.29, 0.717) is 11.3 Å². The van der Waals surface area contributed by atoms with Crippen LogP contribution in [0.15, 0.2) is 52.0 Å². The number of benzene rings is 2. The molecule has 0 atom stereocenters. The smallest absolute Gasteiger partial charge is 0.271 e. The van der Waals surface area contributed by atoms with Gasteiger partial charge in [-0.2, -0.15) is 5.10 Å². The average Bonchev–Trinajstić information content (AvgIpc) is 2.67. The highest BCUT2D eigenvalue weighted by Gasteiger charge is 2.15. The molecule has 1 aliphatic rings. The van der Waals surface area contributed by atoms with Crippen LogP contribution in [0.1, 0.15) is 47.7 Å². The van der Waals surface area contributed by atoms with E-state index in [1.165, 1.54) is 17.5 Å². The zero-order valence-electron chi connectivity index (χ0n) is 15.2. The molecule has 0 bridgehead atoms. The molecule has 0 radical (unpaired) electrons. The van der Waals surface area contributed by atoms with E-state index in [0.717, 1.165) is 29.4 Å². The third kappa shape index (κ3) is 5.26. The van der Waals surface area contributed by atoms with Crippen molar-refractivity contribution in [2.75, 3.05) is 5.32 Å². The molecule has 0 saturated heterocycles. The van der Waals surface area contributed by atoms with Crippen molar-refractivity contribution in [3.8, 4) is 0 Å². The van der Waals surface area contributed by atoms with Gasteiger partial charge >= 0.3 is 0 Å². The minimum Gasteiger partial charge on any atom is -0.325 e. The number of hydrogen-bond donors (Lipinski definition) is 2. The number of rotatable bonds is 5. The Morgan fingerprint density at radius 1 is 1.07 bits per heavy atom. The summed E-state index contributed by atoms with van der Waals surface area (Å²) in [6.07, 6.45) is 4.56. The molecule has 6 heteroatoms. The Morgan fingerprint density at radius 2 is 1.81 bits per heavy atom. The first-order valence-electron chi connectivity index (χ1n) is 9.02. The Bertz CT molecular complexity index is 875. The molecule has 0 aromatic heterocycles. The second-order valence-corrected chi connectivity index (χ2v) is 7.59. The Balaban J connectivity index is 1.57. The fraction of sp³-hybridized carbons (Fsp3) is 0.286. The summed E-state index contributed by atoms with van der Waals surface area (Å²) in [5, 5.41) is 7.03. The van der Waals surface area contributed by atoms with Crippen molar-refractivity contribution in [2.24, 2.45) is 5.10 Å². The van der Waals surface area contributed by atoms with E-state index in [4.69, 9.17) is 0 Å². The first-order chi connectivity index (χ1) is 13.0. The third-order valence-corrected chi connectivity index (χ3v) is 5.07. The standard InChI is InChI=1S/C21H22BrN3O2/c1-14(24-25-21(27)16-9-11-17(22)12-10-16)13-20(26)23-19-8-4-6-15-5-2-3-7-18(15)19/h4,6,8-12H,2-3,5,7,13H2,1H3,(H,23,26)(H,25,27). The van der Waals surface area contributed by atoms with Gasteiger partial charge in [-0.05, 0) is 74.1 Å². The Kier molecular flexibility index (Phi) is 6.40. The van der Waals surface area contributed by atoms with Crippen LogP contribution in [0.2, 0.25) is 0 Å². The SMILES string of the molecule is CC(CC(=O)Nc1cccc2c1CCCC2)=NNC(=O)c1ccc(Br)cc1. The highest BCUT2D eigenvalue weighted by Crippen LogP contribution is 2.27. The molecule has 27 heavy (non-hydrogen) atoms. The van der Waals surface area contributed by atoms with Crippen LogP contribution >= 0.6 is 15.9 Å². The summed E-state index contributed by atoms with van der Waals surface area (Å²) in [6, 6.07) is 13.1. The van der Waals surface area contributed by atoms with Gasteiger partial charge in [-0.3, -0.25) is 9.59 Å². The number of halogens is 1. The molecule has 140 valence electrons. The van der Waals surface area contributed by atoms with Crippen molar-refractivity contribution < 1.29 is 9.59 Å². The first kappa shape index (κ1) is 19.3. The van der Waals surface area contributed by atoms with Crippen LogP contribution in [0.5, 0.6) is 0 Å². The number of nitrogens with zero attached hydrogens (tertiary/aromatic N) is 1. The molecule has 1 aliphatic carbocycles. The number of nitrogens with one attached hydrogen (secondary N) is 2. The van der Waals surface area contributed by atoms with Gasteiger partial charge in [0.2, 0.25) is 5.91 Å². The van der Waals surface area contributed by atoms with Crippen molar-refractivity contribution in [3.05, 3.63) is 63.6 Å². The van der Waals surface area contributed by atoms with Crippen molar-refractivity contribution in [2.45, 2.75) is 39.0 Å². The van der Waals surface area contributed by atoms with Crippen LogP contribution in [-0.4, -0.2) is 17.5 Å². The third-order valence-electron chi connectivity index (χ3n) is 4.54. The summed E-state index contributed by atoms with van der Waals surface area (Å²) in [5.74, 6) is -0.437. The van der Waals surface area contributed by atoms with Gasteiger partial charge in [0.15, 0.2) is 0 Å². The Hall–Kier alpha value is -2.47. The number of aryl methyl sites for hydroxylation is 1. The first-order valence-corrected chi connectivity index (χ1v) is 9.82. The Morgan fingerprint density at radius 3 is 2.59 bits per heavy atom. The normalized spacial score (nSPS) is 13.6. The van der Waals surface area contributed by atoms with Crippen LogP contribution < -0.4 is 10.7 Å². The second-order valence-electron chi connectivity index (χ2n) is 6.67. The number of anilines is 1. The van der Waals surface area contributed by atoms with Crippen LogP contribution in [-0.2, 0) is 17.6 Å². The summed E-state index contributed by atoms with van der Waals surface area (Å²) in [6.45, 7) is 1.72. The number of amides is 2. The fourth-order valence-corrected chi connectivity index (χ4v) is 3.44. The summed E-state index contributed by atoms with van der Waals surface area (Å²) in [7, 11) is 0. The highest BCUT2D eigenvalue weighted by atomic mass is 79.9. The molecule has 0 saturated carbocycles. The number of hydrogen-bond acceptors (Lipinski definition) is 3. The zero-order chi connectivity index (χ0) is 19.2. The predicted molar refractivity (Wildman–Crippen MR) is 111 cm³/mol. The second kappa shape index (κ2) is 8.95. The molecule has 3 rings (SSSR count). The van der Waals surface area contributed by atoms with Crippen molar-refractivity contribution in [1.82, 2.24) is 5.43 Å². The van der Waals surface area contributed by atoms with Gasteiger partial charge in [-0.1, -0.05) is 28.1 Å². The quantitative estimate of drug-likeness (QED) is 0.545. The van der Waals surface area contributed by atoms with Crippen LogP contribution in [0, 0.1) is 0 Å². The van der Waals surface area contributed by atoms with E-state index >= 15 is 0 Å². The molecule has 0 spiro atoms. The van der Waals surface area contributed by atoms with E-state index in [2.05, 4.69) is 37.8 Å². The number of carbonyl (C=O) groups is 2. The topological polar surface area (TPSA) is 70.6 Å². The lowest BCUT2D eigenvalue weighted by atomic mass is 9.90. The maximum absolute atomic E-state index is 12.4. The molecule has 0 fully saturated rings. The van der Waals surface area contributed by atoms with Crippen molar-refractivity contribution in [3.63, 3.8) is 0 Å². The minimum atomic E-state index is -0.306. The van der Waals surface area contributed by atoms with Crippen LogP contribution in [0.25, 0.3) is 0 Å². The average molecular weight is 428 g/mol.